The number of ether oxygens (including phenoxy) is 1. The van der Waals surface area contributed by atoms with Crippen LogP contribution in [0, 0.1) is 0 Å². The Hall–Kier alpha value is -2.16. The average molecular weight is 200 g/mol. The van der Waals surface area contributed by atoms with Crippen molar-refractivity contribution in [1.29, 1.82) is 0 Å². The summed E-state index contributed by atoms with van der Waals surface area (Å²) in [5.41, 5.74) is 12.7. The molecule has 2 aromatic rings. The highest BCUT2D eigenvalue weighted by Gasteiger charge is 2.00. The average Bonchev–Trinajstić information content (AvgIpc) is 2.22. The molecule has 0 heterocycles. The van der Waals surface area contributed by atoms with Gasteiger partial charge < -0.3 is 16.2 Å². The van der Waals surface area contributed by atoms with Crippen LogP contribution >= 0.6 is 0 Å². The maximum atomic E-state index is 5.75. The zero-order chi connectivity index (χ0) is 10.7. The fourth-order valence-corrected chi connectivity index (χ4v) is 1.28. The normalized spacial score (nSPS) is 9.87. The molecule has 0 aliphatic carbocycles. The molecule has 0 amide bonds. The largest absolute Gasteiger partial charge is 0.455 e. The summed E-state index contributed by atoms with van der Waals surface area (Å²) in [5, 5.41) is 0. The first kappa shape index (κ1) is 9.40. The third-order valence-corrected chi connectivity index (χ3v) is 2.00. The van der Waals surface area contributed by atoms with Crippen molar-refractivity contribution in [2.45, 2.75) is 0 Å². The fraction of sp³-hybridized carbons (Fsp3) is 0. The Morgan fingerprint density at radius 1 is 0.867 bits per heavy atom. The molecule has 2 rings (SSSR count). The van der Waals surface area contributed by atoms with Crippen LogP contribution in [0.3, 0.4) is 0 Å². The zero-order valence-corrected chi connectivity index (χ0v) is 8.18. The van der Waals surface area contributed by atoms with Crippen LogP contribution in [0.15, 0.2) is 48.5 Å². The number of rotatable bonds is 2. The molecule has 4 N–H and O–H groups in total. The van der Waals surface area contributed by atoms with Crippen LogP contribution in [-0.2, 0) is 0 Å². The van der Waals surface area contributed by atoms with Gasteiger partial charge in [0, 0.05) is 11.8 Å². The number of anilines is 2. The van der Waals surface area contributed by atoms with Crippen LogP contribution in [0.2, 0.25) is 0 Å². The quantitative estimate of drug-likeness (QED) is 0.732. The SMILES string of the molecule is Nc1cccc(Oc2ccccc2N)c1. The van der Waals surface area contributed by atoms with Crippen LogP contribution in [0.5, 0.6) is 11.5 Å². The predicted octanol–water partition coefficient (Wildman–Crippen LogP) is 2.64. The number of nitrogen functional groups attached to an aromatic ring is 2. The van der Waals surface area contributed by atoms with E-state index >= 15 is 0 Å². The number of nitrogens with two attached hydrogens (primary N) is 2. The van der Waals surface area contributed by atoms with E-state index in [0.29, 0.717) is 22.9 Å². The van der Waals surface area contributed by atoms with Crippen molar-refractivity contribution < 1.29 is 4.74 Å². The van der Waals surface area contributed by atoms with E-state index in [9.17, 15) is 0 Å². The number of para-hydroxylation sites is 2. The maximum Gasteiger partial charge on any atom is 0.150 e. The molecule has 76 valence electrons. The van der Waals surface area contributed by atoms with Gasteiger partial charge in [0.05, 0.1) is 5.69 Å². The molecule has 15 heavy (non-hydrogen) atoms. The predicted molar refractivity (Wildman–Crippen MR) is 61.8 cm³/mol. The summed E-state index contributed by atoms with van der Waals surface area (Å²) in [6.45, 7) is 0. The van der Waals surface area contributed by atoms with Crippen molar-refractivity contribution >= 4 is 11.4 Å². The molecule has 0 aliphatic rings. The van der Waals surface area contributed by atoms with Gasteiger partial charge in [-0.2, -0.15) is 0 Å². The summed E-state index contributed by atoms with van der Waals surface area (Å²) < 4.78 is 5.58. The number of hydrogen-bond donors (Lipinski definition) is 2. The number of benzene rings is 2. The van der Waals surface area contributed by atoms with Gasteiger partial charge in [-0.1, -0.05) is 18.2 Å². The third kappa shape index (κ3) is 2.20. The Kier molecular flexibility index (Phi) is 2.46. The molecule has 0 aromatic heterocycles. The Morgan fingerprint density at radius 3 is 2.40 bits per heavy atom. The minimum Gasteiger partial charge on any atom is -0.455 e. The molecule has 3 nitrogen and oxygen atoms in total. The Balaban J connectivity index is 2.26. The summed E-state index contributed by atoms with van der Waals surface area (Å²) in [4.78, 5) is 0. The third-order valence-electron chi connectivity index (χ3n) is 2.00. The highest BCUT2D eigenvalue weighted by atomic mass is 16.5. The Morgan fingerprint density at radius 2 is 1.67 bits per heavy atom. The lowest BCUT2D eigenvalue weighted by molar-refractivity contribution is 0.485. The minimum absolute atomic E-state index is 0.611. The van der Waals surface area contributed by atoms with Crippen LogP contribution < -0.4 is 16.2 Å². The van der Waals surface area contributed by atoms with E-state index in [1.54, 1.807) is 18.2 Å². The van der Waals surface area contributed by atoms with Gasteiger partial charge in [0.2, 0.25) is 0 Å². The van der Waals surface area contributed by atoms with E-state index in [2.05, 4.69) is 0 Å². The molecular weight excluding hydrogens is 188 g/mol. The van der Waals surface area contributed by atoms with Crippen molar-refractivity contribution in [2.24, 2.45) is 0 Å². The van der Waals surface area contributed by atoms with Crippen LogP contribution in [-0.4, -0.2) is 0 Å². The first-order chi connectivity index (χ1) is 7.25. The molecule has 0 spiro atoms. The van der Waals surface area contributed by atoms with E-state index in [-0.39, 0.29) is 0 Å². The molecule has 0 saturated carbocycles. The zero-order valence-electron chi connectivity index (χ0n) is 8.18. The summed E-state index contributed by atoms with van der Waals surface area (Å²) >= 11 is 0. The minimum atomic E-state index is 0.611. The second kappa shape index (κ2) is 3.92. The topological polar surface area (TPSA) is 61.3 Å². The highest BCUT2D eigenvalue weighted by molar-refractivity contribution is 5.54. The van der Waals surface area contributed by atoms with E-state index < -0.39 is 0 Å². The van der Waals surface area contributed by atoms with Crippen molar-refractivity contribution in [2.75, 3.05) is 11.5 Å². The molecule has 0 fully saturated rings. The molecular formula is C12H12N2O. The lowest BCUT2D eigenvalue weighted by atomic mass is 10.3. The van der Waals surface area contributed by atoms with Crippen molar-refractivity contribution in [1.82, 2.24) is 0 Å². The van der Waals surface area contributed by atoms with Crippen molar-refractivity contribution in [3.63, 3.8) is 0 Å². The van der Waals surface area contributed by atoms with Gasteiger partial charge >= 0.3 is 0 Å². The monoisotopic (exact) mass is 200 g/mol. The highest BCUT2D eigenvalue weighted by Crippen LogP contribution is 2.27. The lowest BCUT2D eigenvalue weighted by Gasteiger charge is -2.08. The van der Waals surface area contributed by atoms with E-state index in [1.165, 1.54) is 0 Å². The van der Waals surface area contributed by atoms with E-state index in [1.807, 2.05) is 30.3 Å². The molecule has 0 aliphatic heterocycles. The van der Waals surface area contributed by atoms with Gasteiger partial charge in [-0.25, -0.2) is 0 Å². The van der Waals surface area contributed by atoms with Crippen LogP contribution in [0.1, 0.15) is 0 Å². The fourth-order valence-electron chi connectivity index (χ4n) is 1.28. The van der Waals surface area contributed by atoms with Gasteiger partial charge in [0.25, 0.3) is 0 Å². The Bertz CT molecular complexity index is 469. The molecule has 3 heteroatoms. The lowest BCUT2D eigenvalue weighted by Crippen LogP contribution is -1.92. The standard InChI is InChI=1S/C12H12N2O/c13-9-4-3-5-10(8-9)15-12-7-2-1-6-11(12)14/h1-8H,13-14H2. The van der Waals surface area contributed by atoms with Crippen LogP contribution in [0.25, 0.3) is 0 Å². The Labute approximate surface area is 88.3 Å². The summed E-state index contributed by atoms with van der Waals surface area (Å²) in [6.07, 6.45) is 0. The van der Waals surface area contributed by atoms with Gasteiger partial charge in [0.1, 0.15) is 11.5 Å². The van der Waals surface area contributed by atoms with Gasteiger partial charge in [-0.15, -0.1) is 0 Å². The summed E-state index contributed by atoms with van der Waals surface area (Å²) in [7, 11) is 0. The van der Waals surface area contributed by atoms with Gasteiger partial charge in [-0.05, 0) is 24.3 Å². The molecule has 0 saturated heterocycles. The molecule has 0 bridgehead atoms. The molecule has 0 atom stereocenters. The van der Waals surface area contributed by atoms with Crippen molar-refractivity contribution in [3.8, 4) is 11.5 Å². The molecule has 0 unspecified atom stereocenters. The van der Waals surface area contributed by atoms with Crippen molar-refractivity contribution in [3.05, 3.63) is 48.5 Å². The second-order valence-electron chi connectivity index (χ2n) is 3.21. The first-order valence-corrected chi connectivity index (χ1v) is 4.63. The van der Waals surface area contributed by atoms with Crippen LogP contribution in [0.4, 0.5) is 11.4 Å². The van der Waals surface area contributed by atoms with Gasteiger partial charge in [0.15, 0.2) is 0 Å². The summed E-state index contributed by atoms with van der Waals surface area (Å²) in [5.74, 6) is 1.33. The van der Waals surface area contributed by atoms with Gasteiger partial charge in [-0.3, -0.25) is 0 Å². The first-order valence-electron chi connectivity index (χ1n) is 4.63. The van der Waals surface area contributed by atoms with E-state index in [0.717, 1.165) is 0 Å². The maximum absolute atomic E-state index is 5.75. The smallest absolute Gasteiger partial charge is 0.150 e. The van der Waals surface area contributed by atoms with E-state index in [4.69, 9.17) is 16.2 Å². The molecule has 2 aromatic carbocycles. The summed E-state index contributed by atoms with van der Waals surface area (Å²) in [6, 6.07) is 14.6. The number of hydrogen-bond acceptors (Lipinski definition) is 3. The molecule has 0 radical (unpaired) electrons. The second-order valence-corrected chi connectivity index (χ2v) is 3.21.